The van der Waals surface area contributed by atoms with Gasteiger partial charge in [-0.15, -0.1) is 0 Å². The zero-order chi connectivity index (χ0) is 19.7. The molecule has 0 amide bonds. The molecular formula is C19H24N6O2S. The molecule has 0 bridgehead atoms. The lowest BCUT2D eigenvalue weighted by molar-refractivity contribution is 0.331. The first-order valence-corrected chi connectivity index (χ1v) is 11.4. The van der Waals surface area contributed by atoms with Crippen molar-refractivity contribution in [1.29, 1.82) is 5.26 Å². The molecule has 1 aromatic heterocycles. The number of sulfonamides is 1. The van der Waals surface area contributed by atoms with Gasteiger partial charge in [0.15, 0.2) is 0 Å². The molecule has 0 aliphatic carbocycles. The van der Waals surface area contributed by atoms with Crippen molar-refractivity contribution in [2.24, 2.45) is 5.92 Å². The highest BCUT2D eigenvalue weighted by Gasteiger charge is 2.28. The van der Waals surface area contributed by atoms with Crippen LogP contribution in [-0.2, 0) is 10.0 Å². The first-order chi connectivity index (χ1) is 13.4. The number of nitrogens with one attached hydrogen (secondary N) is 1. The fourth-order valence-corrected chi connectivity index (χ4v) is 4.78. The maximum absolute atomic E-state index is 11.7. The lowest BCUT2D eigenvalue weighted by Gasteiger charge is -2.40. The summed E-state index contributed by atoms with van der Waals surface area (Å²) in [6.45, 7) is 2.79. The number of hydrogen-bond acceptors (Lipinski definition) is 7. The van der Waals surface area contributed by atoms with Crippen LogP contribution in [0.5, 0.6) is 0 Å². The first-order valence-electron chi connectivity index (χ1n) is 9.53. The quantitative estimate of drug-likeness (QED) is 0.816. The summed E-state index contributed by atoms with van der Waals surface area (Å²) in [6, 6.07) is 8.47. The van der Waals surface area contributed by atoms with Crippen LogP contribution in [0, 0.1) is 17.2 Å². The Morgan fingerprint density at radius 3 is 2.71 bits per heavy atom. The van der Waals surface area contributed by atoms with Crippen molar-refractivity contribution in [3.05, 3.63) is 24.4 Å². The highest BCUT2D eigenvalue weighted by Crippen LogP contribution is 2.32. The number of anilines is 2. The fourth-order valence-electron chi connectivity index (χ4n) is 3.90. The number of piperidine rings is 1. The van der Waals surface area contributed by atoms with E-state index in [4.69, 9.17) is 10.2 Å². The molecule has 9 heteroatoms. The Morgan fingerprint density at radius 1 is 1.29 bits per heavy atom. The monoisotopic (exact) mass is 400 g/mol. The Morgan fingerprint density at radius 2 is 2.04 bits per heavy atom. The molecule has 2 fully saturated rings. The largest absolute Gasteiger partial charge is 0.369 e. The maximum Gasteiger partial charge on any atom is 0.223 e. The molecule has 2 saturated heterocycles. The number of hydrogen-bond donors (Lipinski definition) is 1. The van der Waals surface area contributed by atoms with Crippen LogP contribution < -0.4 is 10.2 Å². The smallest absolute Gasteiger partial charge is 0.223 e. The molecule has 0 atom stereocenters. The van der Waals surface area contributed by atoms with Crippen molar-refractivity contribution in [2.45, 2.75) is 25.3 Å². The van der Waals surface area contributed by atoms with Crippen LogP contribution >= 0.6 is 0 Å². The zero-order valence-electron chi connectivity index (χ0n) is 15.9. The van der Waals surface area contributed by atoms with E-state index in [0.717, 1.165) is 42.5 Å². The van der Waals surface area contributed by atoms with Crippen molar-refractivity contribution >= 4 is 32.6 Å². The van der Waals surface area contributed by atoms with Gasteiger partial charge in [-0.3, -0.25) is 0 Å². The predicted octanol–water partition coefficient (Wildman–Crippen LogP) is 1.82. The van der Waals surface area contributed by atoms with Crippen LogP contribution in [0.15, 0.2) is 24.4 Å². The number of nitrogens with zero attached hydrogens (tertiary/aromatic N) is 5. The van der Waals surface area contributed by atoms with Crippen molar-refractivity contribution in [1.82, 2.24) is 14.3 Å². The third-order valence-electron chi connectivity index (χ3n) is 5.52. The summed E-state index contributed by atoms with van der Waals surface area (Å²) in [5.41, 5.74) is 1.98. The van der Waals surface area contributed by atoms with Crippen molar-refractivity contribution in [2.75, 3.05) is 42.7 Å². The second-order valence-corrected chi connectivity index (χ2v) is 9.60. The minimum absolute atomic E-state index is 0.159. The standard InChI is InChI=1S/C19H24N6O2S/c1-28(26,27)25-9-6-16(7-10-25)22-19-21-11-15-3-2-4-17(18(15)23-19)24-12-14(13-24)5-8-20/h2-4,11,14,16H,5-7,9-10,12-13H2,1H3,(H,21,22,23). The van der Waals surface area contributed by atoms with Crippen molar-refractivity contribution < 1.29 is 8.42 Å². The van der Waals surface area contributed by atoms with Crippen molar-refractivity contribution in [3.63, 3.8) is 0 Å². The van der Waals surface area contributed by atoms with E-state index in [1.807, 2.05) is 18.3 Å². The highest BCUT2D eigenvalue weighted by atomic mass is 32.2. The van der Waals surface area contributed by atoms with Gasteiger partial charge in [-0.05, 0) is 18.9 Å². The van der Waals surface area contributed by atoms with Crippen LogP contribution in [0.3, 0.4) is 0 Å². The topological polar surface area (TPSA) is 102 Å². The Labute approximate surface area is 165 Å². The Kier molecular flexibility index (Phi) is 5.08. The normalized spacial score (nSPS) is 19.4. The summed E-state index contributed by atoms with van der Waals surface area (Å²) in [4.78, 5) is 11.4. The summed E-state index contributed by atoms with van der Waals surface area (Å²) in [6.07, 6.45) is 5.14. The third kappa shape index (κ3) is 3.88. The molecule has 4 rings (SSSR count). The fraction of sp³-hybridized carbons (Fsp3) is 0.526. The van der Waals surface area contributed by atoms with Crippen LogP contribution in [0.2, 0.25) is 0 Å². The highest BCUT2D eigenvalue weighted by molar-refractivity contribution is 7.88. The summed E-state index contributed by atoms with van der Waals surface area (Å²) >= 11 is 0. The zero-order valence-corrected chi connectivity index (χ0v) is 16.7. The van der Waals surface area contributed by atoms with Gasteiger partial charge in [0.05, 0.1) is 23.5 Å². The summed E-state index contributed by atoms with van der Waals surface area (Å²) in [5, 5.41) is 13.2. The van der Waals surface area contributed by atoms with E-state index in [-0.39, 0.29) is 6.04 Å². The molecule has 0 saturated carbocycles. The van der Waals surface area contributed by atoms with Crippen LogP contribution in [0.25, 0.3) is 10.9 Å². The van der Waals surface area contributed by atoms with E-state index >= 15 is 0 Å². The predicted molar refractivity (Wildman–Crippen MR) is 109 cm³/mol. The molecule has 1 aromatic carbocycles. The van der Waals surface area contributed by atoms with Gasteiger partial charge in [0.2, 0.25) is 16.0 Å². The first kappa shape index (κ1) is 18.9. The van der Waals surface area contributed by atoms with Gasteiger partial charge in [-0.1, -0.05) is 12.1 Å². The second kappa shape index (κ2) is 7.53. The van der Waals surface area contributed by atoms with E-state index in [2.05, 4.69) is 27.3 Å². The molecule has 0 unspecified atom stereocenters. The number of aromatic nitrogens is 2. The van der Waals surface area contributed by atoms with E-state index < -0.39 is 10.0 Å². The molecule has 8 nitrogen and oxygen atoms in total. The molecule has 0 spiro atoms. The summed E-state index contributed by atoms with van der Waals surface area (Å²) < 4.78 is 24.8. The number of nitriles is 1. The Hall–Kier alpha value is -2.44. The van der Waals surface area contributed by atoms with Gasteiger partial charge in [-0.25, -0.2) is 22.7 Å². The molecule has 2 aromatic rings. The molecule has 2 aliphatic rings. The average molecular weight is 401 g/mol. The van der Waals surface area contributed by atoms with E-state index in [1.165, 1.54) is 10.6 Å². The molecule has 0 radical (unpaired) electrons. The minimum Gasteiger partial charge on any atom is -0.369 e. The van der Waals surface area contributed by atoms with Crippen LogP contribution in [-0.4, -0.2) is 61.2 Å². The van der Waals surface area contributed by atoms with Crippen LogP contribution in [0.4, 0.5) is 11.6 Å². The van der Waals surface area contributed by atoms with Gasteiger partial charge >= 0.3 is 0 Å². The van der Waals surface area contributed by atoms with Gasteiger partial charge in [-0.2, -0.15) is 5.26 Å². The SMILES string of the molecule is CS(=O)(=O)N1CCC(Nc2ncc3cccc(N4CC(CC#N)C4)c3n2)CC1. The van der Waals surface area contributed by atoms with E-state index in [1.54, 1.807) is 0 Å². The molecule has 3 heterocycles. The van der Waals surface area contributed by atoms with Gasteiger partial charge < -0.3 is 10.2 Å². The number of rotatable bonds is 5. The minimum atomic E-state index is -3.12. The molecule has 1 N–H and O–H groups in total. The summed E-state index contributed by atoms with van der Waals surface area (Å²) in [5.74, 6) is 1.01. The maximum atomic E-state index is 11.7. The average Bonchev–Trinajstić information content (AvgIpc) is 2.64. The lowest BCUT2D eigenvalue weighted by Crippen LogP contribution is -2.46. The van der Waals surface area contributed by atoms with E-state index in [0.29, 0.717) is 31.4 Å². The Balaban J connectivity index is 1.48. The van der Waals surface area contributed by atoms with Gasteiger partial charge in [0, 0.05) is 56.1 Å². The van der Waals surface area contributed by atoms with E-state index in [9.17, 15) is 8.42 Å². The van der Waals surface area contributed by atoms with Gasteiger partial charge in [0.25, 0.3) is 0 Å². The second-order valence-electron chi connectivity index (χ2n) is 7.62. The number of para-hydroxylation sites is 1. The molecule has 28 heavy (non-hydrogen) atoms. The number of benzene rings is 1. The van der Waals surface area contributed by atoms with Gasteiger partial charge in [0.1, 0.15) is 0 Å². The van der Waals surface area contributed by atoms with Crippen molar-refractivity contribution in [3.8, 4) is 6.07 Å². The molecule has 2 aliphatic heterocycles. The third-order valence-corrected chi connectivity index (χ3v) is 6.83. The summed E-state index contributed by atoms with van der Waals surface area (Å²) in [7, 11) is -3.12. The lowest BCUT2D eigenvalue weighted by atomic mass is 9.96. The Bertz CT molecular complexity index is 1000. The molecule has 148 valence electrons. The van der Waals surface area contributed by atoms with Crippen LogP contribution in [0.1, 0.15) is 19.3 Å². The molecular weight excluding hydrogens is 376 g/mol. The number of fused-ring (bicyclic) bond motifs is 1.